The van der Waals surface area contributed by atoms with Crippen molar-refractivity contribution < 1.29 is 0 Å². The Hall–Kier alpha value is -8.55. The van der Waals surface area contributed by atoms with Crippen molar-refractivity contribution in [1.82, 2.24) is 28.7 Å². The van der Waals surface area contributed by atoms with E-state index in [0.29, 0.717) is 17.7 Å². The van der Waals surface area contributed by atoms with E-state index in [0.717, 1.165) is 71.8 Å². The van der Waals surface area contributed by atoms with Crippen LogP contribution in [0.25, 0.3) is 89.6 Å². The molecule has 5 heterocycles. The monoisotopic (exact) mass is 833 g/mol. The minimum atomic E-state index is -0.368. The first kappa shape index (κ1) is 36.0. The lowest BCUT2D eigenvalue weighted by Gasteiger charge is -2.38. The van der Waals surface area contributed by atoms with E-state index in [1.807, 2.05) is 6.07 Å². The van der Waals surface area contributed by atoms with E-state index in [-0.39, 0.29) is 11.5 Å². The predicted octanol–water partition coefficient (Wildman–Crippen LogP) is 13.9. The molecule has 0 spiro atoms. The van der Waals surface area contributed by atoms with Crippen LogP contribution < -0.4 is 4.90 Å². The maximum Gasteiger partial charge on any atom is 0.240 e. The summed E-state index contributed by atoms with van der Waals surface area (Å²) >= 11 is 0. The molecule has 7 nitrogen and oxygen atoms in total. The zero-order valence-electron chi connectivity index (χ0n) is 35.4. The first-order valence-corrected chi connectivity index (χ1v) is 22.2. The van der Waals surface area contributed by atoms with Crippen LogP contribution in [0.2, 0.25) is 0 Å². The lowest BCUT2D eigenvalue weighted by atomic mass is 9.73. The van der Waals surface area contributed by atoms with Crippen LogP contribution in [0, 0.1) is 0 Å². The Morgan fingerprint density at radius 1 is 0.431 bits per heavy atom. The van der Waals surface area contributed by atoms with Gasteiger partial charge in [0.25, 0.3) is 0 Å². The maximum absolute atomic E-state index is 5.70. The van der Waals surface area contributed by atoms with Gasteiger partial charge < -0.3 is 9.47 Å². The van der Waals surface area contributed by atoms with Crippen LogP contribution in [0.15, 0.2) is 206 Å². The van der Waals surface area contributed by atoms with E-state index in [2.05, 4.69) is 232 Å². The van der Waals surface area contributed by atoms with E-state index < -0.39 is 0 Å². The number of rotatable bonds is 5. The summed E-state index contributed by atoms with van der Waals surface area (Å²) in [6.45, 7) is 2.38. The van der Waals surface area contributed by atoms with Gasteiger partial charge in [-0.2, -0.15) is 15.0 Å². The quantitative estimate of drug-likeness (QED) is 0.173. The molecule has 0 bridgehead atoms. The van der Waals surface area contributed by atoms with Crippen molar-refractivity contribution in [2.45, 2.75) is 18.4 Å². The molecule has 65 heavy (non-hydrogen) atoms. The van der Waals surface area contributed by atoms with Gasteiger partial charge >= 0.3 is 0 Å². The van der Waals surface area contributed by atoms with Crippen LogP contribution in [-0.2, 0) is 5.41 Å². The molecule has 1 aliphatic carbocycles. The largest absolute Gasteiger partial charge is 0.331 e. The first-order chi connectivity index (χ1) is 32.2. The number of nitrogens with zero attached hydrogens (tertiary/aromatic N) is 7. The average molecular weight is 834 g/mol. The topological polar surface area (TPSA) is 56.7 Å². The van der Waals surface area contributed by atoms with Gasteiger partial charge in [-0.15, -0.1) is 0 Å². The van der Waals surface area contributed by atoms with Crippen LogP contribution in [0.1, 0.15) is 29.8 Å². The molecule has 2 unspecified atom stereocenters. The van der Waals surface area contributed by atoms with Gasteiger partial charge in [0.2, 0.25) is 11.9 Å². The number of hydrogen-bond donors (Lipinski definition) is 0. The van der Waals surface area contributed by atoms with Gasteiger partial charge in [-0.05, 0) is 61.0 Å². The van der Waals surface area contributed by atoms with Crippen molar-refractivity contribution in [3.8, 4) is 29.0 Å². The van der Waals surface area contributed by atoms with Gasteiger partial charge in [-0.25, -0.2) is 0 Å². The normalized spacial score (nSPS) is 16.5. The van der Waals surface area contributed by atoms with Gasteiger partial charge in [0, 0.05) is 60.5 Å². The van der Waals surface area contributed by atoms with Crippen LogP contribution in [0.5, 0.6) is 0 Å². The number of aromatic nitrogens is 6. The van der Waals surface area contributed by atoms with Crippen LogP contribution in [-0.4, -0.2) is 28.7 Å². The predicted molar refractivity (Wildman–Crippen MR) is 265 cm³/mol. The van der Waals surface area contributed by atoms with Crippen molar-refractivity contribution in [2.75, 3.05) is 4.90 Å². The minimum absolute atomic E-state index is 0.121. The summed E-state index contributed by atoms with van der Waals surface area (Å²) in [5.74, 6) is 1.71. The molecule has 2 aliphatic rings. The summed E-state index contributed by atoms with van der Waals surface area (Å²) < 4.78 is 7.02. The molecular weight excluding hydrogens is 795 g/mol. The van der Waals surface area contributed by atoms with Crippen LogP contribution in [0.4, 0.5) is 11.4 Å². The Morgan fingerprint density at radius 3 is 1.62 bits per heavy atom. The summed E-state index contributed by atoms with van der Waals surface area (Å²) in [5.41, 5.74) is 12.9. The molecule has 8 aromatic carbocycles. The molecule has 0 radical (unpaired) electrons. The molecule has 306 valence electrons. The molecule has 0 N–H and O–H groups in total. The summed E-state index contributed by atoms with van der Waals surface area (Å²) in [5, 5.41) is 5.76. The highest BCUT2D eigenvalue weighted by Gasteiger charge is 2.52. The summed E-state index contributed by atoms with van der Waals surface area (Å²) in [4.78, 5) is 19.2. The Labute approximate surface area is 374 Å². The number of hydrogen-bond acceptors (Lipinski definition) is 4. The second kappa shape index (κ2) is 13.5. The molecule has 0 fully saturated rings. The van der Waals surface area contributed by atoms with E-state index in [9.17, 15) is 0 Å². The van der Waals surface area contributed by atoms with E-state index >= 15 is 0 Å². The first-order valence-electron chi connectivity index (χ1n) is 22.2. The third-order valence-electron chi connectivity index (χ3n) is 13.9. The fraction of sp³-hybridized carbons (Fsp3) is 0.0517. The second-order valence-corrected chi connectivity index (χ2v) is 17.4. The molecule has 12 aromatic rings. The van der Waals surface area contributed by atoms with Crippen molar-refractivity contribution in [3.05, 3.63) is 223 Å². The van der Waals surface area contributed by atoms with Crippen molar-refractivity contribution in [3.63, 3.8) is 0 Å². The Balaban J connectivity index is 1.12. The summed E-state index contributed by atoms with van der Waals surface area (Å²) in [6.07, 6.45) is 4.75. The van der Waals surface area contributed by atoms with Crippen molar-refractivity contribution >= 4 is 72.0 Å². The van der Waals surface area contributed by atoms with E-state index in [4.69, 9.17) is 15.0 Å². The second-order valence-electron chi connectivity index (χ2n) is 17.4. The molecule has 1 aliphatic heterocycles. The SMILES string of the molecule is CC12C=Cc3c(n(-c4nc(-c5ccccc5)nc(-n5c6ccccc6c6ccc7c8ccccc8n(-c8ccccc8)c7c65)n4)c4ccccc34)C1N(c1ccccc1)c1ccccc12. The Kier molecular flexibility index (Phi) is 7.46. The van der Waals surface area contributed by atoms with Crippen LogP contribution in [0.3, 0.4) is 0 Å². The molecule has 4 aromatic heterocycles. The smallest absolute Gasteiger partial charge is 0.240 e. The Morgan fingerprint density at radius 2 is 0.938 bits per heavy atom. The molecular formula is C58H39N7. The molecule has 0 saturated carbocycles. The maximum atomic E-state index is 5.70. The van der Waals surface area contributed by atoms with E-state index in [1.165, 1.54) is 22.2 Å². The fourth-order valence-corrected chi connectivity index (χ4v) is 11.2. The summed E-state index contributed by atoms with van der Waals surface area (Å²) in [7, 11) is 0. The van der Waals surface area contributed by atoms with Crippen LogP contribution >= 0.6 is 0 Å². The highest BCUT2D eigenvalue weighted by Crippen LogP contribution is 2.60. The van der Waals surface area contributed by atoms with Crippen molar-refractivity contribution in [1.29, 1.82) is 0 Å². The highest BCUT2D eigenvalue weighted by atomic mass is 15.3. The average Bonchev–Trinajstić information content (AvgIpc) is 4.08. The lowest BCUT2D eigenvalue weighted by molar-refractivity contribution is 0.482. The number of para-hydroxylation sites is 6. The standard InChI is InChI=1S/C58H39N7/c1-58-36-35-45-42-27-13-17-31-49(42)65(53(45)54(58)63(39-23-9-4-10-24-39)50-32-18-14-28-46(50)58)57-60-55(37-19-5-2-6-20-37)59-56(61-57)64-48-30-16-12-26-41(48)44-34-33-43-40-25-11-15-29-47(40)62(51(43)52(44)64)38-21-7-3-8-22-38/h2-36,54H,1H3. The minimum Gasteiger partial charge on any atom is -0.331 e. The van der Waals surface area contributed by atoms with E-state index in [1.54, 1.807) is 0 Å². The number of benzene rings is 8. The highest BCUT2D eigenvalue weighted by molar-refractivity contribution is 6.23. The molecule has 0 amide bonds. The third kappa shape index (κ3) is 4.97. The molecule has 14 rings (SSSR count). The number of anilines is 2. The lowest BCUT2D eigenvalue weighted by Crippen LogP contribution is -2.35. The van der Waals surface area contributed by atoms with Crippen molar-refractivity contribution in [2.24, 2.45) is 0 Å². The van der Waals surface area contributed by atoms with Gasteiger partial charge in [0.05, 0.1) is 39.3 Å². The number of fused-ring (bicyclic) bond motifs is 14. The van der Waals surface area contributed by atoms with Gasteiger partial charge in [0.15, 0.2) is 5.82 Å². The third-order valence-corrected chi connectivity index (χ3v) is 13.9. The molecule has 2 atom stereocenters. The Bertz CT molecular complexity index is 3920. The van der Waals surface area contributed by atoms with Gasteiger partial charge in [-0.1, -0.05) is 164 Å². The molecule has 0 saturated heterocycles. The zero-order valence-corrected chi connectivity index (χ0v) is 35.4. The summed E-state index contributed by atoms with van der Waals surface area (Å²) in [6, 6.07) is 71.2. The fourth-order valence-electron chi connectivity index (χ4n) is 11.2. The zero-order chi connectivity index (χ0) is 42.8. The van der Waals surface area contributed by atoms with Gasteiger partial charge in [0.1, 0.15) is 0 Å². The van der Waals surface area contributed by atoms with Gasteiger partial charge in [-0.3, -0.25) is 9.13 Å². The molecule has 7 heteroatoms.